The van der Waals surface area contributed by atoms with Crippen molar-refractivity contribution in [1.82, 2.24) is 15.0 Å². The maximum Gasteiger partial charge on any atom is 0.447 e. The highest BCUT2D eigenvalue weighted by atomic mass is 32.2. The third kappa shape index (κ3) is 4.89. The van der Waals surface area contributed by atoms with E-state index in [1.54, 1.807) is 24.3 Å². The molecule has 4 nitrogen and oxygen atoms in total. The van der Waals surface area contributed by atoms with Crippen LogP contribution in [-0.2, 0) is 13.2 Å². The van der Waals surface area contributed by atoms with E-state index in [2.05, 4.69) is 10.3 Å². The highest BCUT2D eigenvalue weighted by molar-refractivity contribution is 8.00. The molecule has 0 aliphatic heterocycles. The van der Waals surface area contributed by atoms with E-state index in [9.17, 15) is 13.2 Å². The molecule has 8 heteroatoms. The van der Waals surface area contributed by atoms with Crippen molar-refractivity contribution in [1.29, 1.82) is 0 Å². The van der Waals surface area contributed by atoms with Gasteiger partial charge in [-0.1, -0.05) is 59.8 Å². The van der Waals surface area contributed by atoms with Gasteiger partial charge in [-0.15, -0.1) is 5.10 Å². The number of hydrogen-bond acceptors (Lipinski definition) is 4. The summed E-state index contributed by atoms with van der Waals surface area (Å²) in [7, 11) is 0. The van der Waals surface area contributed by atoms with Crippen molar-refractivity contribution in [3.8, 4) is 5.75 Å². The van der Waals surface area contributed by atoms with Crippen LogP contribution in [0, 0.1) is 0 Å². The van der Waals surface area contributed by atoms with E-state index in [-0.39, 0.29) is 35.6 Å². The molecular weight excluding hydrogens is 399 g/mol. The number of fused-ring (bicyclic) bond motifs is 1. The minimum atomic E-state index is -4.45. The third-order valence-electron chi connectivity index (χ3n) is 4.23. The van der Waals surface area contributed by atoms with Gasteiger partial charge in [0.1, 0.15) is 23.1 Å². The largest absolute Gasteiger partial charge is 0.487 e. The first-order chi connectivity index (χ1) is 14.0. The van der Waals surface area contributed by atoms with Crippen LogP contribution in [0.4, 0.5) is 13.2 Å². The molecule has 0 atom stereocenters. The summed E-state index contributed by atoms with van der Waals surface area (Å²) in [6, 6.07) is 22.5. The first-order valence-corrected chi connectivity index (χ1v) is 9.63. The van der Waals surface area contributed by atoms with Gasteiger partial charge in [0.15, 0.2) is 0 Å². The molecule has 0 saturated heterocycles. The predicted molar refractivity (Wildman–Crippen MR) is 106 cm³/mol. The van der Waals surface area contributed by atoms with Gasteiger partial charge < -0.3 is 4.74 Å². The zero-order chi connectivity index (χ0) is 20.3. The van der Waals surface area contributed by atoms with Gasteiger partial charge >= 0.3 is 5.51 Å². The number of hydrogen-bond donors (Lipinski definition) is 0. The second kappa shape index (κ2) is 8.16. The Bertz CT molecular complexity index is 1110. The monoisotopic (exact) mass is 415 g/mol. The van der Waals surface area contributed by atoms with Gasteiger partial charge in [-0.25, -0.2) is 4.68 Å². The molecule has 0 aliphatic rings. The number of alkyl halides is 3. The van der Waals surface area contributed by atoms with E-state index >= 15 is 0 Å². The molecule has 4 aromatic rings. The van der Waals surface area contributed by atoms with Crippen LogP contribution in [0.25, 0.3) is 10.8 Å². The fourth-order valence-electron chi connectivity index (χ4n) is 2.93. The van der Waals surface area contributed by atoms with Crippen molar-refractivity contribution in [3.05, 3.63) is 84.1 Å². The molecule has 0 spiro atoms. The minimum Gasteiger partial charge on any atom is -0.487 e. The number of thioether (sulfide) groups is 1. The second-order valence-corrected chi connectivity index (χ2v) is 7.38. The first-order valence-electron chi connectivity index (χ1n) is 8.81. The summed E-state index contributed by atoms with van der Waals surface area (Å²) in [4.78, 5) is 0. The molecule has 0 unspecified atom stereocenters. The van der Waals surface area contributed by atoms with Crippen LogP contribution in [0.5, 0.6) is 5.75 Å². The van der Waals surface area contributed by atoms with E-state index in [1.165, 1.54) is 4.68 Å². The fraction of sp³-hybridized carbons (Fsp3) is 0.143. The van der Waals surface area contributed by atoms with Crippen LogP contribution < -0.4 is 4.74 Å². The van der Waals surface area contributed by atoms with Crippen molar-refractivity contribution in [3.63, 3.8) is 0 Å². The van der Waals surface area contributed by atoms with Gasteiger partial charge in [-0.3, -0.25) is 0 Å². The van der Waals surface area contributed by atoms with Gasteiger partial charge in [0.05, 0.1) is 6.54 Å². The smallest absolute Gasteiger partial charge is 0.447 e. The van der Waals surface area contributed by atoms with Crippen molar-refractivity contribution in [2.45, 2.75) is 23.7 Å². The summed E-state index contributed by atoms with van der Waals surface area (Å²) in [6.07, 6.45) is 0. The lowest BCUT2D eigenvalue weighted by atomic mass is 10.1. The summed E-state index contributed by atoms with van der Waals surface area (Å²) >= 11 is -0.223. The minimum absolute atomic E-state index is 0.0680. The van der Waals surface area contributed by atoms with Gasteiger partial charge in [0.2, 0.25) is 0 Å². The molecule has 0 N–H and O–H groups in total. The molecule has 29 heavy (non-hydrogen) atoms. The van der Waals surface area contributed by atoms with Crippen LogP contribution in [-0.4, -0.2) is 20.5 Å². The Morgan fingerprint density at radius 2 is 1.62 bits per heavy atom. The Morgan fingerprint density at radius 1 is 0.897 bits per heavy atom. The van der Waals surface area contributed by atoms with E-state index in [1.807, 2.05) is 48.5 Å². The standard InChI is InChI=1S/C21H16F3N3OS/c22-21(23,24)29-20-19(14-28-18-8-2-1-3-9-18)25-26-27(20)13-15-10-11-16-6-4-5-7-17(16)12-15/h1-12H,13-14H2. The molecule has 3 aromatic carbocycles. The molecule has 148 valence electrons. The van der Waals surface area contributed by atoms with Crippen LogP contribution in [0.1, 0.15) is 11.3 Å². The summed E-state index contributed by atoms with van der Waals surface area (Å²) in [5.41, 5.74) is -3.46. The van der Waals surface area contributed by atoms with Crippen molar-refractivity contribution in [2.75, 3.05) is 0 Å². The highest BCUT2D eigenvalue weighted by Gasteiger charge is 2.33. The molecule has 0 fully saturated rings. The molecule has 0 amide bonds. The van der Waals surface area contributed by atoms with E-state index in [0.717, 1.165) is 16.3 Å². The maximum absolute atomic E-state index is 13.1. The number of benzene rings is 3. The Labute approximate surface area is 169 Å². The Balaban J connectivity index is 1.60. The molecule has 4 rings (SSSR count). The molecule has 0 bridgehead atoms. The number of para-hydroxylation sites is 1. The van der Waals surface area contributed by atoms with Crippen molar-refractivity contribution >= 4 is 22.5 Å². The lowest BCUT2D eigenvalue weighted by Crippen LogP contribution is -2.09. The second-order valence-electron chi connectivity index (χ2n) is 6.33. The number of rotatable bonds is 6. The van der Waals surface area contributed by atoms with E-state index in [0.29, 0.717) is 5.75 Å². The number of aromatic nitrogens is 3. The van der Waals surface area contributed by atoms with Crippen LogP contribution >= 0.6 is 11.8 Å². The third-order valence-corrected chi connectivity index (χ3v) is 5.10. The molecule has 1 aromatic heterocycles. The summed E-state index contributed by atoms with van der Waals surface area (Å²) < 4.78 is 46.3. The summed E-state index contributed by atoms with van der Waals surface area (Å²) in [6.45, 7) is 0.0851. The Kier molecular flexibility index (Phi) is 5.44. The average Bonchev–Trinajstić information content (AvgIpc) is 3.07. The summed E-state index contributed by atoms with van der Waals surface area (Å²) in [5, 5.41) is 9.91. The molecule has 1 heterocycles. The maximum atomic E-state index is 13.1. The zero-order valence-corrected chi connectivity index (χ0v) is 16.0. The highest BCUT2D eigenvalue weighted by Crippen LogP contribution is 2.38. The van der Waals surface area contributed by atoms with Crippen molar-refractivity contribution in [2.24, 2.45) is 0 Å². The van der Waals surface area contributed by atoms with E-state index in [4.69, 9.17) is 4.74 Å². The SMILES string of the molecule is FC(F)(F)Sc1c(COc2ccccc2)nnn1Cc1ccc2ccccc2c1. The number of ether oxygens (including phenoxy) is 1. The van der Waals surface area contributed by atoms with Gasteiger partial charge in [0, 0.05) is 11.8 Å². The number of halogens is 3. The number of nitrogens with zero attached hydrogens (tertiary/aromatic N) is 3. The first kappa shape index (κ1) is 19.3. The van der Waals surface area contributed by atoms with Crippen LogP contribution in [0.2, 0.25) is 0 Å². The molecular formula is C21H16F3N3OS. The molecule has 0 radical (unpaired) electrons. The van der Waals surface area contributed by atoms with E-state index < -0.39 is 5.51 Å². The van der Waals surface area contributed by atoms with Crippen LogP contribution in [0.3, 0.4) is 0 Å². The quantitative estimate of drug-likeness (QED) is 0.381. The lowest BCUT2D eigenvalue weighted by Gasteiger charge is -2.11. The normalized spacial score (nSPS) is 11.7. The summed E-state index contributed by atoms with van der Waals surface area (Å²) in [5.74, 6) is 0.555. The van der Waals surface area contributed by atoms with Gasteiger partial charge in [0.25, 0.3) is 0 Å². The molecule has 0 saturated carbocycles. The topological polar surface area (TPSA) is 39.9 Å². The Hall–Kier alpha value is -3.00. The van der Waals surface area contributed by atoms with Gasteiger partial charge in [-0.05, 0) is 34.5 Å². The van der Waals surface area contributed by atoms with Crippen molar-refractivity contribution < 1.29 is 17.9 Å². The Morgan fingerprint density at radius 3 is 2.38 bits per heavy atom. The van der Waals surface area contributed by atoms with Gasteiger partial charge in [-0.2, -0.15) is 13.2 Å². The fourth-order valence-corrected chi connectivity index (χ4v) is 3.58. The lowest BCUT2D eigenvalue weighted by molar-refractivity contribution is -0.0331. The molecule has 0 aliphatic carbocycles. The average molecular weight is 415 g/mol. The van der Waals surface area contributed by atoms with Crippen LogP contribution in [0.15, 0.2) is 77.8 Å². The predicted octanol–water partition coefficient (Wildman–Crippen LogP) is 5.67. The zero-order valence-electron chi connectivity index (χ0n) is 15.1.